The number of aromatic nitrogens is 3. The molecule has 0 atom stereocenters. The van der Waals surface area contributed by atoms with Crippen LogP contribution in [0.1, 0.15) is 25.7 Å². The summed E-state index contributed by atoms with van der Waals surface area (Å²) in [6.07, 6.45) is 4.74. The number of amides is 1. The van der Waals surface area contributed by atoms with Gasteiger partial charge in [-0.3, -0.25) is 4.79 Å². The number of hydrogen-bond donors (Lipinski definition) is 1. The molecule has 0 saturated carbocycles. The molecule has 0 radical (unpaired) electrons. The van der Waals surface area contributed by atoms with Crippen LogP contribution >= 0.6 is 11.8 Å². The fraction of sp³-hybridized carbons (Fsp3) is 0.381. The van der Waals surface area contributed by atoms with E-state index in [0.29, 0.717) is 38.0 Å². The number of carbonyl (C=O) groups is 1. The van der Waals surface area contributed by atoms with Crippen molar-refractivity contribution in [2.75, 3.05) is 24.7 Å². The van der Waals surface area contributed by atoms with Gasteiger partial charge in [0.2, 0.25) is 15.9 Å². The van der Waals surface area contributed by atoms with Crippen LogP contribution in [-0.2, 0) is 21.4 Å². The van der Waals surface area contributed by atoms with Crippen molar-refractivity contribution in [3.05, 3.63) is 42.5 Å². The molecule has 1 aliphatic rings. The van der Waals surface area contributed by atoms with Crippen molar-refractivity contribution in [1.29, 1.82) is 0 Å². The van der Waals surface area contributed by atoms with E-state index in [1.807, 2.05) is 30.5 Å². The van der Waals surface area contributed by atoms with Gasteiger partial charge in [0.25, 0.3) is 0 Å². The van der Waals surface area contributed by atoms with E-state index in [-0.39, 0.29) is 10.8 Å². The minimum absolute atomic E-state index is 0.0540. The number of fused-ring (bicyclic) bond motifs is 1. The first-order chi connectivity index (χ1) is 15.0. The second kappa shape index (κ2) is 9.37. The first-order valence-electron chi connectivity index (χ1n) is 10.2. The molecule has 0 unspecified atom stereocenters. The van der Waals surface area contributed by atoms with Gasteiger partial charge >= 0.3 is 0 Å². The van der Waals surface area contributed by atoms with Gasteiger partial charge in [-0.1, -0.05) is 11.3 Å². The lowest BCUT2D eigenvalue weighted by Gasteiger charge is -2.15. The van der Waals surface area contributed by atoms with Gasteiger partial charge < -0.3 is 5.32 Å². The molecule has 1 saturated heterocycles. The third kappa shape index (κ3) is 4.91. The van der Waals surface area contributed by atoms with Crippen LogP contribution in [0.15, 0.2) is 52.3 Å². The highest BCUT2D eigenvalue weighted by atomic mass is 32.2. The Morgan fingerprint density at radius 2 is 1.97 bits per heavy atom. The maximum atomic E-state index is 12.7. The number of rotatable bonds is 8. The van der Waals surface area contributed by atoms with Gasteiger partial charge in [0.1, 0.15) is 5.52 Å². The maximum absolute atomic E-state index is 12.7. The number of nitrogens with zero attached hydrogens (tertiary/aromatic N) is 4. The molecule has 0 bridgehead atoms. The molecule has 1 fully saturated rings. The first kappa shape index (κ1) is 21.8. The molecule has 2 aromatic carbocycles. The molecule has 10 heteroatoms. The summed E-state index contributed by atoms with van der Waals surface area (Å²) in [5.41, 5.74) is 2.09. The largest absolute Gasteiger partial charge is 0.326 e. The fourth-order valence-electron chi connectivity index (χ4n) is 3.67. The van der Waals surface area contributed by atoms with Gasteiger partial charge in [0.15, 0.2) is 0 Å². The standard InChI is InChI=1S/C21H25N5O3S2/c1-30-17-7-4-6-16(14-17)22-21(27)8-5-13-26-20-10-9-18(15-19(20)23-24-26)31(28,29)25-11-2-3-12-25/h4,6-7,9-10,14-15H,2-3,5,8,11-13H2,1H3,(H,22,27). The Bertz CT molecular complexity index is 1190. The van der Waals surface area contributed by atoms with Gasteiger partial charge in [0, 0.05) is 36.6 Å². The Hall–Kier alpha value is -2.43. The zero-order valence-electron chi connectivity index (χ0n) is 17.3. The average molecular weight is 460 g/mol. The zero-order valence-corrected chi connectivity index (χ0v) is 19.0. The minimum atomic E-state index is -3.48. The zero-order chi connectivity index (χ0) is 21.8. The molecule has 164 valence electrons. The van der Waals surface area contributed by atoms with Gasteiger partial charge in [-0.05, 0) is 61.9 Å². The molecular weight excluding hydrogens is 434 g/mol. The summed E-state index contributed by atoms with van der Waals surface area (Å²) in [6.45, 7) is 1.65. The Morgan fingerprint density at radius 1 is 1.16 bits per heavy atom. The Labute approximate surface area is 186 Å². The van der Waals surface area contributed by atoms with E-state index in [1.54, 1.807) is 34.6 Å². The summed E-state index contributed by atoms with van der Waals surface area (Å²) < 4.78 is 28.7. The summed E-state index contributed by atoms with van der Waals surface area (Å²) in [5, 5.41) is 11.2. The minimum Gasteiger partial charge on any atom is -0.326 e. The van der Waals surface area contributed by atoms with E-state index in [0.717, 1.165) is 28.9 Å². The highest BCUT2D eigenvalue weighted by Crippen LogP contribution is 2.24. The quantitative estimate of drug-likeness (QED) is 0.519. The molecule has 0 spiro atoms. The molecule has 0 aliphatic carbocycles. The molecule has 1 aliphatic heterocycles. The summed E-state index contributed by atoms with van der Waals surface area (Å²) in [7, 11) is -3.48. The predicted octanol–water partition coefficient (Wildman–Crippen LogP) is 3.36. The van der Waals surface area contributed by atoms with Crippen LogP contribution in [0.5, 0.6) is 0 Å². The van der Waals surface area contributed by atoms with E-state index >= 15 is 0 Å². The Kier molecular flexibility index (Phi) is 6.59. The van der Waals surface area contributed by atoms with Crippen LogP contribution in [0.3, 0.4) is 0 Å². The van der Waals surface area contributed by atoms with E-state index in [2.05, 4.69) is 15.6 Å². The number of carbonyl (C=O) groups excluding carboxylic acids is 1. The van der Waals surface area contributed by atoms with Crippen molar-refractivity contribution in [1.82, 2.24) is 19.3 Å². The van der Waals surface area contributed by atoms with Crippen LogP contribution in [0.4, 0.5) is 5.69 Å². The van der Waals surface area contributed by atoms with E-state index < -0.39 is 10.0 Å². The van der Waals surface area contributed by atoms with Crippen molar-refractivity contribution in [2.45, 2.75) is 42.0 Å². The van der Waals surface area contributed by atoms with Crippen molar-refractivity contribution in [3.8, 4) is 0 Å². The first-order valence-corrected chi connectivity index (χ1v) is 12.9. The monoisotopic (exact) mass is 459 g/mol. The van der Waals surface area contributed by atoms with Crippen LogP contribution in [-0.4, -0.2) is 53.0 Å². The maximum Gasteiger partial charge on any atom is 0.243 e. The Balaban J connectivity index is 1.37. The van der Waals surface area contributed by atoms with Crippen molar-refractivity contribution >= 4 is 44.4 Å². The number of benzene rings is 2. The summed E-state index contributed by atoms with van der Waals surface area (Å²) in [4.78, 5) is 13.6. The molecule has 1 amide bonds. The number of anilines is 1. The summed E-state index contributed by atoms with van der Waals surface area (Å²) in [5.74, 6) is -0.0540. The van der Waals surface area contributed by atoms with E-state index in [4.69, 9.17) is 0 Å². The number of nitrogens with one attached hydrogen (secondary N) is 1. The smallest absolute Gasteiger partial charge is 0.243 e. The second-order valence-electron chi connectivity index (χ2n) is 7.46. The van der Waals surface area contributed by atoms with Gasteiger partial charge in [0.05, 0.1) is 10.4 Å². The molecule has 2 heterocycles. The topological polar surface area (TPSA) is 97.2 Å². The van der Waals surface area contributed by atoms with Gasteiger partial charge in [-0.2, -0.15) is 4.31 Å². The highest BCUT2D eigenvalue weighted by molar-refractivity contribution is 7.98. The molecule has 3 aromatic rings. The van der Waals surface area contributed by atoms with Crippen molar-refractivity contribution < 1.29 is 13.2 Å². The normalized spacial score (nSPS) is 14.9. The lowest BCUT2D eigenvalue weighted by atomic mass is 10.2. The fourth-order valence-corrected chi connectivity index (χ4v) is 5.67. The van der Waals surface area contributed by atoms with Crippen LogP contribution in [0.25, 0.3) is 11.0 Å². The molecule has 4 rings (SSSR count). The Morgan fingerprint density at radius 3 is 2.74 bits per heavy atom. The van der Waals surface area contributed by atoms with Crippen molar-refractivity contribution in [2.24, 2.45) is 0 Å². The average Bonchev–Trinajstić information content (AvgIpc) is 3.44. The predicted molar refractivity (Wildman–Crippen MR) is 122 cm³/mol. The number of sulfonamides is 1. The van der Waals surface area contributed by atoms with Crippen LogP contribution in [0.2, 0.25) is 0 Å². The van der Waals surface area contributed by atoms with Gasteiger partial charge in [-0.25, -0.2) is 13.1 Å². The number of thioether (sulfide) groups is 1. The van der Waals surface area contributed by atoms with Gasteiger partial charge in [-0.15, -0.1) is 16.9 Å². The van der Waals surface area contributed by atoms with Crippen LogP contribution < -0.4 is 5.32 Å². The molecule has 31 heavy (non-hydrogen) atoms. The lowest BCUT2D eigenvalue weighted by molar-refractivity contribution is -0.116. The molecule has 8 nitrogen and oxygen atoms in total. The SMILES string of the molecule is CSc1cccc(NC(=O)CCCn2nnc3cc(S(=O)(=O)N4CCCC4)ccc32)c1. The summed E-state index contributed by atoms with van der Waals surface area (Å²) >= 11 is 1.63. The van der Waals surface area contributed by atoms with Crippen LogP contribution in [0, 0.1) is 0 Å². The highest BCUT2D eigenvalue weighted by Gasteiger charge is 2.27. The van der Waals surface area contributed by atoms with E-state index in [1.165, 1.54) is 4.31 Å². The molecule has 1 aromatic heterocycles. The third-order valence-corrected chi connectivity index (χ3v) is 7.94. The number of aryl methyl sites for hydroxylation is 1. The third-order valence-electron chi connectivity index (χ3n) is 5.32. The van der Waals surface area contributed by atoms with Crippen molar-refractivity contribution in [3.63, 3.8) is 0 Å². The summed E-state index contributed by atoms with van der Waals surface area (Å²) in [6, 6.07) is 12.7. The van der Waals surface area contributed by atoms with E-state index in [9.17, 15) is 13.2 Å². The molecular formula is C21H25N5O3S2. The number of hydrogen-bond acceptors (Lipinski definition) is 6. The second-order valence-corrected chi connectivity index (χ2v) is 10.3. The lowest BCUT2D eigenvalue weighted by Crippen LogP contribution is -2.27. The molecule has 1 N–H and O–H groups in total.